The Morgan fingerprint density at radius 2 is 1.82 bits per heavy atom. The van der Waals surface area contributed by atoms with Crippen LogP contribution in [0, 0.1) is 0 Å². The fourth-order valence-corrected chi connectivity index (χ4v) is 2.50. The van der Waals surface area contributed by atoms with Crippen LogP contribution in [0.1, 0.15) is 10.4 Å². The van der Waals surface area contributed by atoms with E-state index in [0.29, 0.717) is 18.7 Å². The zero-order valence-corrected chi connectivity index (χ0v) is 12.4. The third-order valence-corrected chi connectivity index (χ3v) is 3.75. The van der Waals surface area contributed by atoms with Gasteiger partial charge in [-0.15, -0.1) is 0 Å². The lowest BCUT2D eigenvalue weighted by atomic mass is 10.0. The summed E-state index contributed by atoms with van der Waals surface area (Å²) in [6.07, 6.45) is 0.0568. The summed E-state index contributed by atoms with van der Waals surface area (Å²) < 4.78 is 5.56. The molecule has 0 aliphatic carbocycles. The highest BCUT2D eigenvalue weighted by atomic mass is 16.5. The van der Waals surface area contributed by atoms with Crippen LogP contribution in [-0.4, -0.2) is 38.3 Å². The SMILES string of the molecule is O=C(NCC1CNCCO1)c1ccc(-c2ccccc2)cc1. The number of rotatable bonds is 4. The molecule has 114 valence electrons. The van der Waals surface area contributed by atoms with E-state index in [0.717, 1.165) is 24.2 Å². The predicted octanol–water partition coefficient (Wildman–Crippen LogP) is 2.07. The van der Waals surface area contributed by atoms with Gasteiger partial charge < -0.3 is 15.4 Å². The van der Waals surface area contributed by atoms with Crippen LogP contribution in [0.25, 0.3) is 11.1 Å². The Bertz CT molecular complexity index is 605. The molecular weight excluding hydrogens is 276 g/mol. The average molecular weight is 296 g/mol. The lowest BCUT2D eigenvalue weighted by molar-refractivity contribution is 0.0287. The number of morpholine rings is 1. The van der Waals surface area contributed by atoms with Crippen molar-refractivity contribution < 1.29 is 9.53 Å². The first kappa shape index (κ1) is 14.8. The molecule has 0 radical (unpaired) electrons. The van der Waals surface area contributed by atoms with Crippen LogP contribution in [0.3, 0.4) is 0 Å². The van der Waals surface area contributed by atoms with Crippen molar-refractivity contribution in [2.45, 2.75) is 6.10 Å². The number of hydrogen-bond acceptors (Lipinski definition) is 3. The van der Waals surface area contributed by atoms with Crippen molar-refractivity contribution >= 4 is 5.91 Å². The quantitative estimate of drug-likeness (QED) is 0.908. The molecule has 1 saturated heterocycles. The summed E-state index contributed by atoms with van der Waals surface area (Å²) in [6, 6.07) is 17.8. The molecule has 0 bridgehead atoms. The van der Waals surface area contributed by atoms with Gasteiger partial charge in [0.15, 0.2) is 0 Å². The molecule has 1 aliphatic rings. The van der Waals surface area contributed by atoms with Crippen molar-refractivity contribution in [1.82, 2.24) is 10.6 Å². The Balaban J connectivity index is 1.59. The molecular formula is C18H20N2O2. The third-order valence-electron chi connectivity index (χ3n) is 3.75. The average Bonchev–Trinajstić information content (AvgIpc) is 2.61. The van der Waals surface area contributed by atoms with Gasteiger partial charge in [0, 0.05) is 25.2 Å². The summed E-state index contributed by atoms with van der Waals surface area (Å²) in [5.74, 6) is -0.0613. The lowest BCUT2D eigenvalue weighted by Crippen LogP contribution is -2.45. The molecule has 4 nitrogen and oxygen atoms in total. The van der Waals surface area contributed by atoms with Crippen LogP contribution < -0.4 is 10.6 Å². The Labute approximate surface area is 130 Å². The monoisotopic (exact) mass is 296 g/mol. The van der Waals surface area contributed by atoms with Crippen molar-refractivity contribution in [3.05, 3.63) is 60.2 Å². The van der Waals surface area contributed by atoms with Crippen LogP contribution >= 0.6 is 0 Å². The maximum Gasteiger partial charge on any atom is 0.251 e. The van der Waals surface area contributed by atoms with Gasteiger partial charge >= 0.3 is 0 Å². The fraction of sp³-hybridized carbons (Fsp3) is 0.278. The molecule has 1 heterocycles. The van der Waals surface area contributed by atoms with Crippen LogP contribution in [0.2, 0.25) is 0 Å². The van der Waals surface area contributed by atoms with Gasteiger partial charge in [-0.05, 0) is 23.3 Å². The second-order valence-corrected chi connectivity index (χ2v) is 5.35. The van der Waals surface area contributed by atoms with Crippen molar-refractivity contribution in [3.63, 3.8) is 0 Å². The van der Waals surface area contributed by atoms with E-state index in [4.69, 9.17) is 4.74 Å². The van der Waals surface area contributed by atoms with E-state index >= 15 is 0 Å². The van der Waals surface area contributed by atoms with E-state index in [1.54, 1.807) is 0 Å². The van der Waals surface area contributed by atoms with Gasteiger partial charge in [-0.25, -0.2) is 0 Å². The molecule has 0 saturated carbocycles. The topological polar surface area (TPSA) is 50.4 Å². The maximum absolute atomic E-state index is 12.1. The Morgan fingerprint density at radius 3 is 2.50 bits per heavy atom. The maximum atomic E-state index is 12.1. The van der Waals surface area contributed by atoms with Gasteiger partial charge in [0.05, 0.1) is 12.7 Å². The minimum absolute atomic E-state index is 0.0568. The van der Waals surface area contributed by atoms with Crippen molar-refractivity contribution in [2.24, 2.45) is 0 Å². The van der Waals surface area contributed by atoms with E-state index < -0.39 is 0 Å². The molecule has 2 N–H and O–H groups in total. The predicted molar refractivity (Wildman–Crippen MR) is 86.8 cm³/mol. The fourth-order valence-electron chi connectivity index (χ4n) is 2.50. The summed E-state index contributed by atoms with van der Waals surface area (Å²) in [5, 5.41) is 6.17. The van der Waals surface area contributed by atoms with Gasteiger partial charge in [-0.2, -0.15) is 0 Å². The molecule has 0 aromatic heterocycles. The number of amides is 1. The van der Waals surface area contributed by atoms with E-state index in [2.05, 4.69) is 22.8 Å². The first-order valence-electron chi connectivity index (χ1n) is 7.59. The van der Waals surface area contributed by atoms with Crippen LogP contribution in [0.15, 0.2) is 54.6 Å². The highest BCUT2D eigenvalue weighted by molar-refractivity contribution is 5.94. The van der Waals surface area contributed by atoms with Gasteiger partial charge in [-0.3, -0.25) is 4.79 Å². The molecule has 2 aromatic rings. The second kappa shape index (κ2) is 7.20. The molecule has 22 heavy (non-hydrogen) atoms. The largest absolute Gasteiger partial charge is 0.374 e. The molecule has 0 spiro atoms. The minimum atomic E-state index is -0.0613. The Hall–Kier alpha value is -2.17. The van der Waals surface area contributed by atoms with Gasteiger partial charge in [-0.1, -0.05) is 42.5 Å². The van der Waals surface area contributed by atoms with Crippen molar-refractivity contribution in [2.75, 3.05) is 26.2 Å². The molecule has 1 amide bonds. The second-order valence-electron chi connectivity index (χ2n) is 5.35. The zero-order valence-electron chi connectivity index (χ0n) is 12.4. The molecule has 1 unspecified atom stereocenters. The summed E-state index contributed by atoms with van der Waals surface area (Å²) in [7, 11) is 0. The molecule has 1 aliphatic heterocycles. The first-order valence-corrected chi connectivity index (χ1v) is 7.59. The van der Waals surface area contributed by atoms with Crippen LogP contribution in [0.4, 0.5) is 0 Å². The van der Waals surface area contributed by atoms with Gasteiger partial charge in [0.1, 0.15) is 0 Å². The number of hydrogen-bond donors (Lipinski definition) is 2. The highest BCUT2D eigenvalue weighted by Gasteiger charge is 2.14. The Kier molecular flexibility index (Phi) is 4.83. The summed E-state index contributed by atoms with van der Waals surface area (Å²) >= 11 is 0. The van der Waals surface area contributed by atoms with Gasteiger partial charge in [0.2, 0.25) is 0 Å². The standard InChI is InChI=1S/C18H20N2O2/c21-18(20-13-17-12-19-10-11-22-17)16-8-6-15(7-9-16)14-4-2-1-3-5-14/h1-9,17,19H,10-13H2,(H,20,21). The smallest absolute Gasteiger partial charge is 0.251 e. The summed E-state index contributed by atoms with van der Waals surface area (Å²) in [4.78, 5) is 12.1. The third kappa shape index (κ3) is 3.72. The van der Waals surface area contributed by atoms with Crippen molar-refractivity contribution in [3.8, 4) is 11.1 Å². The molecule has 4 heteroatoms. The first-order chi connectivity index (χ1) is 10.8. The normalized spacial score (nSPS) is 17.9. The number of nitrogens with one attached hydrogen (secondary N) is 2. The van der Waals surface area contributed by atoms with Crippen molar-refractivity contribution in [1.29, 1.82) is 0 Å². The van der Waals surface area contributed by atoms with E-state index in [-0.39, 0.29) is 12.0 Å². The highest BCUT2D eigenvalue weighted by Crippen LogP contribution is 2.19. The van der Waals surface area contributed by atoms with E-state index in [1.807, 2.05) is 42.5 Å². The number of carbonyl (C=O) groups excluding carboxylic acids is 1. The summed E-state index contributed by atoms with van der Waals surface area (Å²) in [6.45, 7) is 2.90. The zero-order chi connectivity index (χ0) is 15.2. The van der Waals surface area contributed by atoms with Crippen LogP contribution in [0.5, 0.6) is 0 Å². The summed E-state index contributed by atoms with van der Waals surface area (Å²) in [5.41, 5.74) is 2.93. The lowest BCUT2D eigenvalue weighted by Gasteiger charge is -2.23. The van der Waals surface area contributed by atoms with E-state index in [9.17, 15) is 4.79 Å². The van der Waals surface area contributed by atoms with E-state index in [1.165, 1.54) is 0 Å². The number of benzene rings is 2. The number of carbonyl (C=O) groups is 1. The van der Waals surface area contributed by atoms with Gasteiger partial charge in [0.25, 0.3) is 5.91 Å². The minimum Gasteiger partial charge on any atom is -0.374 e. The Morgan fingerprint density at radius 1 is 1.09 bits per heavy atom. The molecule has 3 rings (SSSR count). The van der Waals surface area contributed by atoms with Crippen LogP contribution in [-0.2, 0) is 4.74 Å². The molecule has 2 aromatic carbocycles. The molecule has 1 fully saturated rings. The molecule has 1 atom stereocenters. The number of ether oxygens (including phenoxy) is 1.